The Hall–Kier alpha value is -2.24. The van der Waals surface area contributed by atoms with E-state index >= 15 is 0 Å². The first-order chi connectivity index (χ1) is 10.0. The lowest BCUT2D eigenvalue weighted by Crippen LogP contribution is -2.05. The van der Waals surface area contributed by atoms with Crippen molar-refractivity contribution in [1.29, 1.82) is 0 Å². The summed E-state index contributed by atoms with van der Waals surface area (Å²) < 4.78 is 42.0. The molecule has 1 heterocycles. The number of allylic oxidation sites excluding steroid dienone is 1. The number of anilines is 1. The average molecular weight is 293 g/mol. The summed E-state index contributed by atoms with van der Waals surface area (Å²) in [6, 6.07) is 1.30. The molecule has 0 bridgehead atoms. The molecule has 0 radical (unpaired) electrons. The van der Waals surface area contributed by atoms with Crippen LogP contribution in [0.15, 0.2) is 24.8 Å². The minimum atomic E-state index is -1.23. The molecule has 1 aromatic carbocycles. The lowest BCUT2D eigenvalue weighted by atomic mass is 10.1. The Kier molecular flexibility index (Phi) is 3.23. The summed E-state index contributed by atoms with van der Waals surface area (Å²) in [7, 11) is 0. The fraction of sp³-hybridized carbons (Fsp3) is 0.267. The van der Waals surface area contributed by atoms with Gasteiger partial charge in [0.25, 0.3) is 0 Å². The first-order valence-corrected chi connectivity index (χ1v) is 6.64. The fourth-order valence-corrected chi connectivity index (χ4v) is 2.36. The van der Waals surface area contributed by atoms with Crippen molar-refractivity contribution < 1.29 is 13.2 Å². The van der Waals surface area contributed by atoms with Crippen LogP contribution in [0, 0.1) is 17.5 Å². The molecular formula is C15H14F3N3. The number of hydrogen-bond acceptors (Lipinski definition) is 2. The van der Waals surface area contributed by atoms with Crippen molar-refractivity contribution in [1.82, 2.24) is 9.55 Å². The highest BCUT2D eigenvalue weighted by Crippen LogP contribution is 2.42. The monoisotopic (exact) mass is 293 g/mol. The van der Waals surface area contributed by atoms with Gasteiger partial charge in [-0.2, -0.15) is 0 Å². The number of nitrogens with zero attached hydrogens (tertiary/aromatic N) is 2. The van der Waals surface area contributed by atoms with Crippen LogP contribution in [0.1, 0.15) is 24.6 Å². The van der Waals surface area contributed by atoms with E-state index in [2.05, 4.69) is 11.6 Å². The Labute approximate surface area is 119 Å². The van der Waals surface area contributed by atoms with Gasteiger partial charge in [0, 0.05) is 24.1 Å². The van der Waals surface area contributed by atoms with Crippen LogP contribution >= 0.6 is 0 Å². The van der Waals surface area contributed by atoms with E-state index in [0.717, 1.165) is 24.7 Å². The molecule has 21 heavy (non-hydrogen) atoms. The molecule has 0 aliphatic heterocycles. The number of aromatic nitrogens is 2. The molecule has 1 aromatic heterocycles. The Balaban J connectivity index is 2.16. The predicted molar refractivity (Wildman–Crippen MR) is 74.1 cm³/mol. The van der Waals surface area contributed by atoms with E-state index in [0.29, 0.717) is 12.6 Å². The van der Waals surface area contributed by atoms with Crippen molar-refractivity contribution in [3.8, 4) is 11.3 Å². The van der Waals surface area contributed by atoms with Gasteiger partial charge < -0.3 is 10.3 Å². The van der Waals surface area contributed by atoms with Crippen molar-refractivity contribution in [3.63, 3.8) is 0 Å². The van der Waals surface area contributed by atoms with Crippen LogP contribution in [0.3, 0.4) is 0 Å². The zero-order valence-corrected chi connectivity index (χ0v) is 11.2. The molecule has 0 atom stereocenters. The molecule has 0 unspecified atom stereocenters. The zero-order valence-electron chi connectivity index (χ0n) is 11.2. The van der Waals surface area contributed by atoms with Crippen molar-refractivity contribution in [2.24, 2.45) is 0 Å². The molecule has 1 fully saturated rings. The summed E-state index contributed by atoms with van der Waals surface area (Å²) in [5, 5.41) is 0. The highest BCUT2D eigenvalue weighted by Gasteiger charge is 2.31. The summed E-state index contributed by atoms with van der Waals surface area (Å²) in [5.74, 6) is -1.98. The van der Waals surface area contributed by atoms with Gasteiger partial charge in [-0.05, 0) is 18.9 Å². The topological polar surface area (TPSA) is 43.8 Å². The number of hydrogen-bond donors (Lipinski definition) is 1. The highest BCUT2D eigenvalue weighted by atomic mass is 19.2. The van der Waals surface area contributed by atoms with E-state index in [1.165, 1.54) is 0 Å². The van der Waals surface area contributed by atoms with Crippen LogP contribution in [0.2, 0.25) is 0 Å². The Morgan fingerprint density at radius 1 is 1.24 bits per heavy atom. The quantitative estimate of drug-likeness (QED) is 0.691. The Morgan fingerprint density at radius 3 is 2.52 bits per heavy atom. The van der Waals surface area contributed by atoms with E-state index < -0.39 is 17.5 Å². The molecule has 0 saturated heterocycles. The van der Waals surface area contributed by atoms with E-state index in [1.54, 1.807) is 10.6 Å². The van der Waals surface area contributed by atoms with E-state index in [1.807, 2.05) is 0 Å². The molecule has 0 spiro atoms. The summed E-state index contributed by atoms with van der Waals surface area (Å²) in [5.41, 5.74) is 6.03. The zero-order chi connectivity index (χ0) is 15.1. The maximum absolute atomic E-state index is 13.9. The van der Waals surface area contributed by atoms with Crippen molar-refractivity contribution in [2.45, 2.75) is 25.3 Å². The highest BCUT2D eigenvalue weighted by molar-refractivity contribution is 5.72. The molecule has 6 heteroatoms. The smallest absolute Gasteiger partial charge is 0.161 e. The largest absolute Gasteiger partial charge is 0.383 e. The van der Waals surface area contributed by atoms with Gasteiger partial charge >= 0.3 is 0 Å². The third-order valence-electron chi connectivity index (χ3n) is 3.56. The molecule has 0 amide bonds. The minimum absolute atomic E-state index is 0.129. The summed E-state index contributed by atoms with van der Waals surface area (Å²) >= 11 is 0. The second-order valence-electron chi connectivity index (χ2n) is 5.12. The van der Waals surface area contributed by atoms with Gasteiger partial charge in [-0.1, -0.05) is 6.08 Å². The van der Waals surface area contributed by atoms with Crippen LogP contribution < -0.4 is 5.73 Å². The van der Waals surface area contributed by atoms with Gasteiger partial charge in [0.1, 0.15) is 23.2 Å². The van der Waals surface area contributed by atoms with Gasteiger partial charge in [-0.15, -0.1) is 6.58 Å². The number of nitrogens with two attached hydrogens (primary N) is 1. The van der Waals surface area contributed by atoms with Crippen molar-refractivity contribution in [2.75, 3.05) is 5.73 Å². The lowest BCUT2D eigenvalue weighted by molar-refractivity contribution is 0.496. The number of nitrogen functional groups attached to an aromatic ring is 1. The number of benzene rings is 1. The lowest BCUT2D eigenvalue weighted by Gasteiger charge is -2.06. The molecule has 1 aliphatic carbocycles. The van der Waals surface area contributed by atoms with Gasteiger partial charge in [-0.25, -0.2) is 18.2 Å². The van der Waals surface area contributed by atoms with Gasteiger partial charge in [0.15, 0.2) is 11.6 Å². The van der Waals surface area contributed by atoms with Crippen LogP contribution in [0.4, 0.5) is 19.0 Å². The van der Waals surface area contributed by atoms with Crippen LogP contribution in [0.5, 0.6) is 0 Å². The Morgan fingerprint density at radius 2 is 1.90 bits per heavy atom. The summed E-state index contributed by atoms with van der Waals surface area (Å²) in [4.78, 5) is 4.35. The SMILES string of the molecule is C=CCn1c(C2CC2)nc(-c2cc(F)c(F)cc2F)c1N. The molecule has 3 rings (SSSR count). The van der Waals surface area contributed by atoms with Gasteiger partial charge in [0.2, 0.25) is 0 Å². The average Bonchev–Trinajstić information content (AvgIpc) is 3.22. The van der Waals surface area contributed by atoms with Crippen molar-refractivity contribution in [3.05, 3.63) is 48.1 Å². The minimum Gasteiger partial charge on any atom is -0.383 e. The Bertz CT molecular complexity index is 717. The van der Waals surface area contributed by atoms with Gasteiger partial charge in [0.05, 0.1) is 0 Å². The summed E-state index contributed by atoms with van der Waals surface area (Å²) in [6.07, 6.45) is 3.65. The molecular weight excluding hydrogens is 279 g/mol. The van der Waals surface area contributed by atoms with Crippen LogP contribution in [-0.4, -0.2) is 9.55 Å². The van der Waals surface area contributed by atoms with E-state index in [9.17, 15) is 13.2 Å². The number of rotatable bonds is 4. The van der Waals surface area contributed by atoms with E-state index in [4.69, 9.17) is 5.73 Å². The van der Waals surface area contributed by atoms with Crippen LogP contribution in [-0.2, 0) is 6.54 Å². The summed E-state index contributed by atoms with van der Waals surface area (Å²) in [6.45, 7) is 4.10. The molecule has 3 nitrogen and oxygen atoms in total. The molecule has 2 aromatic rings. The standard InChI is InChI=1S/C15H14F3N3/c1-2-5-21-14(19)13(20-15(21)8-3-4-8)9-6-11(17)12(18)7-10(9)16/h2,6-8H,1,3-5,19H2. The molecule has 1 aliphatic rings. The second-order valence-corrected chi connectivity index (χ2v) is 5.12. The first kappa shape index (κ1) is 13.7. The fourth-order valence-electron chi connectivity index (χ4n) is 2.36. The maximum Gasteiger partial charge on any atom is 0.161 e. The van der Waals surface area contributed by atoms with E-state index in [-0.39, 0.29) is 23.0 Å². The van der Waals surface area contributed by atoms with Crippen molar-refractivity contribution >= 4 is 5.82 Å². The third-order valence-corrected chi connectivity index (χ3v) is 3.56. The van der Waals surface area contributed by atoms with Gasteiger partial charge in [-0.3, -0.25) is 0 Å². The molecule has 1 saturated carbocycles. The normalized spacial score (nSPS) is 14.4. The predicted octanol–water partition coefficient (Wildman–Crippen LogP) is 3.61. The molecule has 2 N–H and O–H groups in total. The maximum atomic E-state index is 13.9. The molecule has 110 valence electrons. The second kappa shape index (κ2) is 4.95. The number of imidazole rings is 1. The third kappa shape index (κ3) is 2.30. The van der Waals surface area contributed by atoms with Crippen LogP contribution in [0.25, 0.3) is 11.3 Å². The first-order valence-electron chi connectivity index (χ1n) is 6.64. The number of halogens is 3.